The number of nitrogens with one attached hydrogen (secondary N) is 1. The molecule has 8 nitrogen and oxygen atoms in total. The molecule has 1 fully saturated rings. The number of nitrogens with zero attached hydrogens (tertiary/aromatic N) is 1. The molecular weight excluding hydrogens is 357 g/mol. The quantitative estimate of drug-likeness (QED) is 0.676. The molecule has 2 unspecified atom stereocenters. The standard InChI is InChI=1S/C18H20FN3O5/c1-9-13(22-17(25)18(9,19)8-23)7-27-16-11-6-14(26-2)12(15(20)24)5-10(11)3-4-21-16/h3-6,9,13,23H,7-8H2,1-2H3,(H2,20,24)(H,22,25)/t9?,13?,18-/m0/s1. The number of benzene rings is 1. The maximum absolute atomic E-state index is 14.5. The Bertz CT molecular complexity index is 906. The minimum absolute atomic E-state index is 0.0371. The van der Waals surface area contributed by atoms with Gasteiger partial charge in [-0.3, -0.25) is 9.59 Å². The normalized spacial score (nSPS) is 24.7. The Morgan fingerprint density at radius 1 is 1.48 bits per heavy atom. The number of primary amides is 1. The average molecular weight is 377 g/mol. The summed E-state index contributed by atoms with van der Waals surface area (Å²) in [7, 11) is 1.41. The largest absolute Gasteiger partial charge is 0.496 e. The van der Waals surface area contributed by atoms with Crippen molar-refractivity contribution in [3.05, 3.63) is 30.0 Å². The Morgan fingerprint density at radius 3 is 2.81 bits per heavy atom. The van der Waals surface area contributed by atoms with Gasteiger partial charge in [-0.1, -0.05) is 6.92 Å². The van der Waals surface area contributed by atoms with E-state index in [-0.39, 0.29) is 23.8 Å². The molecular formula is C18H20FN3O5. The second-order valence-electron chi connectivity index (χ2n) is 6.45. The van der Waals surface area contributed by atoms with Crippen LogP contribution >= 0.6 is 0 Å². The number of nitrogens with two attached hydrogens (primary N) is 1. The summed E-state index contributed by atoms with van der Waals surface area (Å²) in [5.74, 6) is -1.74. The highest BCUT2D eigenvalue weighted by atomic mass is 19.1. The summed E-state index contributed by atoms with van der Waals surface area (Å²) in [6.07, 6.45) is 1.50. The van der Waals surface area contributed by atoms with E-state index in [0.29, 0.717) is 10.8 Å². The Balaban J connectivity index is 1.88. The van der Waals surface area contributed by atoms with Gasteiger partial charge in [0.05, 0.1) is 25.3 Å². The third-order valence-electron chi connectivity index (χ3n) is 4.96. The van der Waals surface area contributed by atoms with Crippen LogP contribution in [0.4, 0.5) is 4.39 Å². The summed E-state index contributed by atoms with van der Waals surface area (Å²) in [5.41, 5.74) is 3.26. The molecule has 1 saturated heterocycles. The van der Waals surface area contributed by atoms with Crippen molar-refractivity contribution in [3.8, 4) is 11.6 Å². The van der Waals surface area contributed by atoms with Gasteiger partial charge in [0.2, 0.25) is 11.5 Å². The molecule has 0 saturated carbocycles. The Hall–Kier alpha value is -2.94. The van der Waals surface area contributed by atoms with Crippen molar-refractivity contribution in [2.45, 2.75) is 18.6 Å². The van der Waals surface area contributed by atoms with Crippen molar-refractivity contribution in [1.82, 2.24) is 10.3 Å². The number of ether oxygens (including phenoxy) is 2. The van der Waals surface area contributed by atoms with Gasteiger partial charge in [0.1, 0.15) is 12.4 Å². The van der Waals surface area contributed by atoms with E-state index in [0.717, 1.165) is 0 Å². The van der Waals surface area contributed by atoms with Gasteiger partial charge >= 0.3 is 0 Å². The molecule has 1 aromatic carbocycles. The van der Waals surface area contributed by atoms with Crippen LogP contribution in [0.1, 0.15) is 17.3 Å². The predicted molar refractivity (Wildman–Crippen MR) is 94.3 cm³/mol. The fourth-order valence-corrected chi connectivity index (χ4v) is 3.16. The highest BCUT2D eigenvalue weighted by Crippen LogP contribution is 2.33. The van der Waals surface area contributed by atoms with E-state index in [1.165, 1.54) is 20.2 Å². The van der Waals surface area contributed by atoms with Crippen LogP contribution in [0, 0.1) is 5.92 Å². The Labute approximate surface area is 154 Å². The fourth-order valence-electron chi connectivity index (χ4n) is 3.16. The van der Waals surface area contributed by atoms with Crippen molar-refractivity contribution in [3.63, 3.8) is 0 Å². The molecule has 1 aliphatic heterocycles. The van der Waals surface area contributed by atoms with E-state index in [2.05, 4.69) is 10.3 Å². The van der Waals surface area contributed by atoms with Crippen LogP contribution in [0.3, 0.4) is 0 Å². The van der Waals surface area contributed by atoms with E-state index in [1.54, 1.807) is 18.2 Å². The number of fused-ring (bicyclic) bond motifs is 1. The zero-order valence-electron chi connectivity index (χ0n) is 14.9. The molecule has 3 atom stereocenters. The number of methoxy groups -OCH3 is 1. The van der Waals surface area contributed by atoms with Crippen LogP contribution in [-0.4, -0.2) is 53.9 Å². The van der Waals surface area contributed by atoms with Crippen molar-refractivity contribution >= 4 is 22.6 Å². The SMILES string of the molecule is COc1cc2c(OCC3NC(=O)[C@](F)(CO)C3C)nccc2cc1C(N)=O. The van der Waals surface area contributed by atoms with Crippen LogP contribution in [0.5, 0.6) is 11.6 Å². The van der Waals surface area contributed by atoms with E-state index < -0.39 is 36.0 Å². The second kappa shape index (κ2) is 6.99. The smallest absolute Gasteiger partial charge is 0.260 e. The topological polar surface area (TPSA) is 124 Å². The summed E-state index contributed by atoms with van der Waals surface area (Å²) in [6.45, 7) is 0.599. The first-order chi connectivity index (χ1) is 12.8. The molecule has 9 heteroatoms. The van der Waals surface area contributed by atoms with Crippen molar-refractivity contribution in [2.24, 2.45) is 11.7 Å². The molecule has 0 aliphatic carbocycles. The van der Waals surface area contributed by atoms with E-state index in [1.807, 2.05) is 0 Å². The number of amides is 2. The molecule has 0 spiro atoms. The van der Waals surface area contributed by atoms with Gasteiger partial charge in [0.25, 0.3) is 11.8 Å². The van der Waals surface area contributed by atoms with Gasteiger partial charge in [-0.05, 0) is 23.6 Å². The Kier molecular flexibility index (Phi) is 4.88. The molecule has 1 aromatic heterocycles. The lowest BCUT2D eigenvalue weighted by Gasteiger charge is -2.22. The maximum atomic E-state index is 14.5. The molecule has 2 heterocycles. The predicted octanol–water partition coefficient (Wildman–Crippen LogP) is 0.556. The molecule has 3 rings (SSSR count). The van der Waals surface area contributed by atoms with Crippen LogP contribution in [0.25, 0.3) is 10.8 Å². The lowest BCUT2D eigenvalue weighted by molar-refractivity contribution is -0.133. The van der Waals surface area contributed by atoms with Gasteiger partial charge in [0, 0.05) is 17.5 Å². The van der Waals surface area contributed by atoms with Gasteiger partial charge in [0.15, 0.2) is 0 Å². The lowest BCUT2D eigenvalue weighted by Crippen LogP contribution is -2.40. The minimum Gasteiger partial charge on any atom is -0.496 e. The number of rotatable bonds is 6. The first kappa shape index (κ1) is 18.8. The minimum atomic E-state index is -2.33. The summed E-state index contributed by atoms with van der Waals surface area (Å²) in [4.78, 5) is 27.5. The zero-order valence-corrected chi connectivity index (χ0v) is 14.9. The van der Waals surface area contributed by atoms with Crippen molar-refractivity contribution in [2.75, 3.05) is 20.3 Å². The zero-order chi connectivity index (χ0) is 19.8. The monoisotopic (exact) mass is 377 g/mol. The molecule has 0 bridgehead atoms. The molecule has 2 amide bonds. The first-order valence-electron chi connectivity index (χ1n) is 8.32. The number of hydrogen-bond acceptors (Lipinski definition) is 6. The molecule has 1 aliphatic rings. The summed E-state index contributed by atoms with van der Waals surface area (Å²) in [6, 6.07) is 4.22. The molecule has 27 heavy (non-hydrogen) atoms. The highest BCUT2D eigenvalue weighted by Gasteiger charge is 2.53. The van der Waals surface area contributed by atoms with Crippen molar-refractivity contribution in [1.29, 1.82) is 0 Å². The molecule has 4 N–H and O–H groups in total. The number of hydrogen-bond donors (Lipinski definition) is 3. The highest BCUT2D eigenvalue weighted by molar-refractivity contribution is 6.01. The molecule has 0 radical (unpaired) electrons. The molecule has 2 aromatic rings. The third kappa shape index (κ3) is 3.14. The summed E-state index contributed by atoms with van der Waals surface area (Å²) < 4.78 is 25.4. The number of carbonyl (C=O) groups is 2. The van der Waals surface area contributed by atoms with E-state index in [4.69, 9.17) is 15.2 Å². The van der Waals surface area contributed by atoms with Gasteiger partial charge in [-0.25, -0.2) is 9.37 Å². The number of pyridine rings is 1. The second-order valence-corrected chi connectivity index (χ2v) is 6.45. The fraction of sp³-hybridized carbons (Fsp3) is 0.389. The van der Waals surface area contributed by atoms with Crippen LogP contribution in [0.15, 0.2) is 24.4 Å². The van der Waals surface area contributed by atoms with Gasteiger partial charge in [-0.15, -0.1) is 0 Å². The number of aliphatic hydroxyl groups is 1. The number of aliphatic hydroxyl groups excluding tert-OH is 1. The number of halogens is 1. The lowest BCUT2D eigenvalue weighted by atomic mass is 9.90. The van der Waals surface area contributed by atoms with Gasteiger partial charge < -0.3 is 25.6 Å². The maximum Gasteiger partial charge on any atom is 0.260 e. The van der Waals surface area contributed by atoms with Crippen LogP contribution in [-0.2, 0) is 4.79 Å². The number of carbonyl (C=O) groups excluding carboxylic acids is 2. The van der Waals surface area contributed by atoms with Crippen molar-refractivity contribution < 1.29 is 28.6 Å². The van der Waals surface area contributed by atoms with Crippen LogP contribution < -0.4 is 20.5 Å². The molecule has 144 valence electrons. The number of aromatic nitrogens is 1. The number of alkyl halides is 1. The Morgan fingerprint density at radius 2 is 2.22 bits per heavy atom. The summed E-state index contributed by atoms with van der Waals surface area (Å²) >= 11 is 0. The summed E-state index contributed by atoms with van der Waals surface area (Å²) in [5, 5.41) is 12.9. The van der Waals surface area contributed by atoms with Gasteiger partial charge in [-0.2, -0.15) is 0 Å². The van der Waals surface area contributed by atoms with E-state index in [9.17, 15) is 19.1 Å². The van der Waals surface area contributed by atoms with Crippen LogP contribution in [0.2, 0.25) is 0 Å². The average Bonchev–Trinajstić information content (AvgIpc) is 2.89. The van der Waals surface area contributed by atoms with E-state index >= 15 is 0 Å². The third-order valence-corrected chi connectivity index (χ3v) is 4.96. The first-order valence-corrected chi connectivity index (χ1v) is 8.32.